The third-order valence-electron chi connectivity index (χ3n) is 6.07. The number of benzene rings is 2. The Labute approximate surface area is 205 Å². The van der Waals surface area contributed by atoms with Crippen molar-refractivity contribution in [2.45, 2.75) is 50.5 Å². The van der Waals surface area contributed by atoms with E-state index in [0.29, 0.717) is 24.0 Å². The van der Waals surface area contributed by atoms with Gasteiger partial charge >= 0.3 is 12.4 Å². The molecule has 0 bridgehead atoms. The lowest BCUT2D eigenvalue weighted by molar-refractivity contribution is -0.143. The number of halogens is 7. The molecule has 0 unspecified atom stereocenters. The maximum atomic E-state index is 13.0. The highest BCUT2D eigenvalue weighted by molar-refractivity contribution is 5.33. The predicted octanol–water partition coefficient (Wildman–Crippen LogP) is 7.01. The fourth-order valence-corrected chi connectivity index (χ4v) is 4.38. The molecule has 2 atom stereocenters. The first-order chi connectivity index (χ1) is 16.8. The van der Waals surface area contributed by atoms with E-state index in [1.807, 2.05) is 12.1 Å². The average Bonchev–Trinajstić information content (AvgIpc) is 2.79. The molecule has 0 saturated heterocycles. The molecule has 0 spiro atoms. The summed E-state index contributed by atoms with van der Waals surface area (Å²) >= 11 is 0. The smallest absolute Gasteiger partial charge is 0.395 e. The molecule has 200 valence electrons. The van der Waals surface area contributed by atoms with Crippen LogP contribution in [0.1, 0.15) is 53.9 Å². The first kappa shape index (κ1) is 29.7. The molecule has 36 heavy (non-hydrogen) atoms. The zero-order valence-electron chi connectivity index (χ0n) is 19.7. The second-order valence-electron chi connectivity index (χ2n) is 8.97. The van der Waals surface area contributed by atoms with E-state index >= 15 is 0 Å². The Bertz CT molecular complexity index is 930. The van der Waals surface area contributed by atoms with Crippen LogP contribution in [0.2, 0.25) is 0 Å². The number of nitroso groups, excluding NO2 is 1. The molecule has 1 fully saturated rings. The molecule has 0 aliphatic heterocycles. The number of alkyl halides is 6. The molecule has 1 saturated carbocycles. The number of nitrogens with zero attached hydrogens (tertiary/aromatic N) is 2. The van der Waals surface area contributed by atoms with Gasteiger partial charge in [0.05, 0.1) is 17.7 Å². The fraction of sp³-hybridized carbons (Fsp3) is 0.520. The lowest BCUT2D eigenvalue weighted by atomic mass is 9.78. The van der Waals surface area contributed by atoms with Crippen LogP contribution in [0.25, 0.3) is 0 Å². The van der Waals surface area contributed by atoms with Gasteiger partial charge in [-0.3, -0.25) is 0 Å². The van der Waals surface area contributed by atoms with Crippen molar-refractivity contribution in [2.75, 3.05) is 26.7 Å². The predicted molar refractivity (Wildman–Crippen MR) is 122 cm³/mol. The summed E-state index contributed by atoms with van der Waals surface area (Å²) in [5, 5.41) is 11.2. The van der Waals surface area contributed by atoms with E-state index in [0.717, 1.165) is 13.1 Å². The van der Waals surface area contributed by atoms with Crippen LogP contribution in [0.15, 0.2) is 47.6 Å². The van der Waals surface area contributed by atoms with Gasteiger partial charge in [-0.2, -0.15) is 31.2 Å². The minimum Gasteiger partial charge on any atom is -0.395 e. The number of likely N-dealkylation sites (N-methyl/N-ethyl adjacent to an activating group) is 1. The zero-order valence-corrected chi connectivity index (χ0v) is 19.7. The molecule has 11 heteroatoms. The summed E-state index contributed by atoms with van der Waals surface area (Å²) in [7, 11) is 2.07. The van der Waals surface area contributed by atoms with E-state index in [1.165, 1.54) is 31.2 Å². The van der Waals surface area contributed by atoms with Gasteiger partial charge in [0.15, 0.2) is 0 Å². The van der Waals surface area contributed by atoms with Crippen molar-refractivity contribution >= 4 is 0 Å². The third-order valence-corrected chi connectivity index (χ3v) is 6.07. The van der Waals surface area contributed by atoms with E-state index in [1.54, 1.807) is 12.1 Å². The minimum atomic E-state index is -4.90. The van der Waals surface area contributed by atoms with Crippen LogP contribution in [0.4, 0.5) is 30.7 Å². The number of aliphatic hydroxyl groups is 1. The highest BCUT2D eigenvalue weighted by Gasteiger charge is 2.36. The second kappa shape index (κ2) is 13.1. The quantitative estimate of drug-likeness (QED) is 0.314. The van der Waals surface area contributed by atoms with Crippen LogP contribution < -0.4 is 0 Å². The molecule has 1 N–H and O–H groups in total. The standard InChI is InChI=1S/C16H24FNO.C9H5F6NO/c1-18(9-10-19)12-13-3-2-4-15(11-13)14-5-7-16(17)8-6-14;10-8(11,12)6-1-5(4-16-17)2-7(3-6)9(13,14)15/h5-8,13,15,19H,2-4,9-12H2,1H3;1-3H,4H2/t13-,15-;/m1./s1. The summed E-state index contributed by atoms with van der Waals surface area (Å²) in [5.41, 5.74) is -2.06. The summed E-state index contributed by atoms with van der Waals surface area (Å²) in [6.45, 7) is 1.29. The van der Waals surface area contributed by atoms with E-state index in [-0.39, 0.29) is 18.5 Å². The molecule has 0 aromatic heterocycles. The summed E-state index contributed by atoms with van der Waals surface area (Å²) < 4.78 is 86.8. The molecule has 1 aliphatic rings. The molecule has 4 nitrogen and oxygen atoms in total. The highest BCUT2D eigenvalue weighted by Crippen LogP contribution is 2.37. The van der Waals surface area contributed by atoms with Crippen LogP contribution >= 0.6 is 0 Å². The van der Waals surface area contributed by atoms with Gasteiger partial charge in [0.2, 0.25) is 0 Å². The Morgan fingerprint density at radius 2 is 1.56 bits per heavy atom. The zero-order chi connectivity index (χ0) is 26.9. The highest BCUT2D eigenvalue weighted by atomic mass is 19.4. The van der Waals surface area contributed by atoms with E-state index in [2.05, 4.69) is 17.1 Å². The third kappa shape index (κ3) is 9.50. The Morgan fingerprint density at radius 3 is 2.06 bits per heavy atom. The van der Waals surface area contributed by atoms with E-state index in [4.69, 9.17) is 5.11 Å². The molecule has 2 aromatic rings. The SMILES string of the molecule is CN(CCO)C[C@@H]1CCC[C@@H](c2ccc(F)cc2)C1.O=NCc1cc(C(F)(F)F)cc(C(F)(F)F)c1. The van der Waals surface area contributed by atoms with Crippen LogP contribution in [0.5, 0.6) is 0 Å². The van der Waals surface area contributed by atoms with Gasteiger partial charge in [-0.1, -0.05) is 23.7 Å². The molecule has 3 rings (SSSR count). The van der Waals surface area contributed by atoms with Crippen molar-refractivity contribution in [2.24, 2.45) is 11.1 Å². The van der Waals surface area contributed by atoms with Crippen molar-refractivity contribution in [3.63, 3.8) is 0 Å². The molecule has 0 radical (unpaired) electrons. The summed E-state index contributed by atoms with van der Waals surface area (Å²) in [6.07, 6.45) is -4.89. The molecule has 0 heterocycles. The maximum absolute atomic E-state index is 13.0. The lowest BCUT2D eigenvalue weighted by Gasteiger charge is -2.32. The molecular formula is C25H29F7N2O2. The fourth-order valence-electron chi connectivity index (χ4n) is 4.38. The van der Waals surface area contributed by atoms with Gasteiger partial charge in [-0.05, 0) is 79.6 Å². The van der Waals surface area contributed by atoms with Gasteiger partial charge in [-0.15, -0.1) is 0 Å². The molecule has 0 amide bonds. The van der Waals surface area contributed by atoms with Crippen molar-refractivity contribution in [3.8, 4) is 0 Å². The van der Waals surface area contributed by atoms with Crippen LogP contribution in [-0.4, -0.2) is 36.8 Å². The van der Waals surface area contributed by atoms with Gasteiger partial charge in [0.25, 0.3) is 0 Å². The first-order valence-electron chi connectivity index (χ1n) is 11.5. The Kier molecular flexibility index (Phi) is 10.8. The number of aliphatic hydroxyl groups excluding tert-OH is 1. The van der Waals surface area contributed by atoms with Gasteiger partial charge in [0.1, 0.15) is 12.4 Å². The lowest BCUT2D eigenvalue weighted by Crippen LogP contribution is -2.30. The molecule has 2 aromatic carbocycles. The first-order valence-corrected chi connectivity index (χ1v) is 11.5. The van der Waals surface area contributed by atoms with Gasteiger partial charge in [-0.25, -0.2) is 4.39 Å². The minimum absolute atomic E-state index is 0.00565. The second-order valence-corrected chi connectivity index (χ2v) is 8.97. The number of hydrogen-bond donors (Lipinski definition) is 1. The van der Waals surface area contributed by atoms with Crippen molar-refractivity contribution < 1.29 is 35.8 Å². The Morgan fingerprint density at radius 1 is 0.972 bits per heavy atom. The maximum Gasteiger partial charge on any atom is 0.416 e. The topological polar surface area (TPSA) is 52.9 Å². The number of rotatable bonds is 7. The summed E-state index contributed by atoms with van der Waals surface area (Å²) in [4.78, 5) is 12.1. The average molecular weight is 523 g/mol. The van der Waals surface area contributed by atoms with Crippen molar-refractivity contribution in [1.82, 2.24) is 4.90 Å². The molecular weight excluding hydrogens is 493 g/mol. The summed E-state index contributed by atoms with van der Waals surface area (Å²) in [6, 6.07) is 7.93. The van der Waals surface area contributed by atoms with Crippen LogP contribution in [0.3, 0.4) is 0 Å². The van der Waals surface area contributed by atoms with Crippen molar-refractivity contribution in [3.05, 3.63) is 75.4 Å². The monoisotopic (exact) mass is 522 g/mol. The van der Waals surface area contributed by atoms with Gasteiger partial charge < -0.3 is 10.0 Å². The summed E-state index contributed by atoms with van der Waals surface area (Å²) in [5.74, 6) is 1.11. The largest absolute Gasteiger partial charge is 0.416 e. The molecule has 1 aliphatic carbocycles. The Hall–Kier alpha value is -2.53. The van der Waals surface area contributed by atoms with Crippen LogP contribution in [0, 0.1) is 16.6 Å². The van der Waals surface area contributed by atoms with Gasteiger partial charge in [0, 0.05) is 13.1 Å². The van der Waals surface area contributed by atoms with E-state index in [9.17, 15) is 35.6 Å². The number of hydrogen-bond acceptors (Lipinski definition) is 4. The normalized spacial score (nSPS) is 18.5. The van der Waals surface area contributed by atoms with Crippen LogP contribution in [-0.2, 0) is 18.9 Å². The van der Waals surface area contributed by atoms with E-state index < -0.39 is 35.6 Å². The van der Waals surface area contributed by atoms with Crippen molar-refractivity contribution in [1.29, 1.82) is 0 Å². The Balaban J connectivity index is 0.000000255.